The fourth-order valence-electron chi connectivity index (χ4n) is 2.33. The fraction of sp³-hybridized carbons (Fsp3) is 0.400. The molecule has 3 nitrogen and oxygen atoms in total. The molecule has 1 aromatic carbocycles. The lowest BCUT2D eigenvalue weighted by molar-refractivity contribution is -0.0384. The highest BCUT2D eigenvalue weighted by atomic mass is 16.5. The van der Waals surface area contributed by atoms with Gasteiger partial charge in [-0.3, -0.25) is 4.98 Å². The quantitative estimate of drug-likeness (QED) is 0.900. The van der Waals surface area contributed by atoms with Crippen molar-refractivity contribution >= 4 is 10.9 Å². The maximum Gasteiger partial charge on any atom is 0.106 e. The number of nitrogens with zero attached hydrogens (tertiary/aromatic N) is 1. The third kappa shape index (κ3) is 2.37. The smallest absolute Gasteiger partial charge is 0.106 e. The summed E-state index contributed by atoms with van der Waals surface area (Å²) in [5, 5.41) is 11.5. The van der Waals surface area contributed by atoms with Crippen LogP contribution < -0.4 is 0 Å². The van der Waals surface area contributed by atoms with Crippen molar-refractivity contribution in [1.29, 1.82) is 0 Å². The molecule has 0 amide bonds. The van der Waals surface area contributed by atoms with Gasteiger partial charge in [0.15, 0.2) is 0 Å². The number of rotatable bonds is 4. The topological polar surface area (TPSA) is 42.4 Å². The van der Waals surface area contributed by atoms with E-state index in [1.165, 1.54) is 0 Å². The van der Waals surface area contributed by atoms with Crippen LogP contribution in [0.5, 0.6) is 0 Å². The summed E-state index contributed by atoms with van der Waals surface area (Å²) in [6.45, 7) is 4.08. The summed E-state index contributed by atoms with van der Waals surface area (Å²) < 4.78 is 5.41. The summed E-state index contributed by atoms with van der Waals surface area (Å²) in [7, 11) is 1.64. The lowest BCUT2D eigenvalue weighted by Gasteiger charge is -2.26. The van der Waals surface area contributed by atoms with Crippen LogP contribution >= 0.6 is 0 Å². The Balaban J connectivity index is 2.47. The third-order valence-corrected chi connectivity index (χ3v) is 3.24. The van der Waals surface area contributed by atoms with Gasteiger partial charge in [-0.25, -0.2) is 0 Å². The zero-order chi connectivity index (χ0) is 13.1. The number of pyridine rings is 1. The first-order valence-electron chi connectivity index (χ1n) is 6.19. The normalized spacial score (nSPS) is 14.9. The second kappa shape index (κ2) is 5.46. The van der Waals surface area contributed by atoms with Crippen LogP contribution in [0.3, 0.4) is 0 Å². The van der Waals surface area contributed by atoms with Gasteiger partial charge in [0.05, 0.1) is 11.6 Å². The SMILES string of the molecule is COC(C(C)C)C(O)c1cccc2ncccc12. The molecule has 96 valence electrons. The van der Waals surface area contributed by atoms with E-state index in [0.717, 1.165) is 16.5 Å². The Morgan fingerprint density at radius 1 is 1.17 bits per heavy atom. The molecule has 2 rings (SSSR count). The number of hydrogen-bond acceptors (Lipinski definition) is 3. The minimum absolute atomic E-state index is 0.212. The number of aromatic nitrogens is 1. The highest BCUT2D eigenvalue weighted by molar-refractivity contribution is 5.82. The third-order valence-electron chi connectivity index (χ3n) is 3.24. The highest BCUT2D eigenvalue weighted by Gasteiger charge is 2.25. The second-order valence-electron chi connectivity index (χ2n) is 4.81. The Morgan fingerprint density at radius 2 is 1.94 bits per heavy atom. The van der Waals surface area contributed by atoms with E-state index in [4.69, 9.17) is 4.74 Å². The Hall–Kier alpha value is -1.45. The van der Waals surface area contributed by atoms with Crippen molar-refractivity contribution in [2.75, 3.05) is 7.11 Å². The average Bonchev–Trinajstić information content (AvgIpc) is 2.38. The van der Waals surface area contributed by atoms with Crippen LogP contribution in [0.15, 0.2) is 36.5 Å². The summed E-state index contributed by atoms with van der Waals surface area (Å²) in [5.41, 5.74) is 1.77. The molecule has 1 heterocycles. The van der Waals surface area contributed by atoms with Crippen molar-refractivity contribution in [2.45, 2.75) is 26.1 Å². The Bertz CT molecular complexity index is 519. The average molecular weight is 245 g/mol. The molecule has 0 fully saturated rings. The minimum atomic E-state index is -0.636. The van der Waals surface area contributed by atoms with E-state index < -0.39 is 6.10 Å². The number of aliphatic hydroxyl groups is 1. The monoisotopic (exact) mass is 245 g/mol. The first kappa shape index (κ1) is 13.0. The molecule has 3 heteroatoms. The molecule has 0 aliphatic rings. The Labute approximate surface area is 107 Å². The van der Waals surface area contributed by atoms with Gasteiger partial charge in [0, 0.05) is 18.7 Å². The lowest BCUT2D eigenvalue weighted by atomic mass is 9.93. The molecule has 2 unspecified atom stereocenters. The van der Waals surface area contributed by atoms with E-state index in [1.807, 2.05) is 44.2 Å². The number of hydrogen-bond donors (Lipinski definition) is 1. The van der Waals surface area contributed by atoms with Gasteiger partial charge in [0.2, 0.25) is 0 Å². The summed E-state index contributed by atoms with van der Waals surface area (Å²) in [5.74, 6) is 0.247. The van der Waals surface area contributed by atoms with Crippen molar-refractivity contribution in [3.05, 3.63) is 42.1 Å². The van der Waals surface area contributed by atoms with Gasteiger partial charge in [-0.15, -0.1) is 0 Å². The predicted octanol–water partition coefficient (Wildman–Crippen LogP) is 2.94. The zero-order valence-electron chi connectivity index (χ0n) is 11.0. The molecule has 0 spiro atoms. The molecule has 2 aromatic rings. The molecule has 1 N–H and O–H groups in total. The van der Waals surface area contributed by atoms with E-state index in [-0.39, 0.29) is 12.0 Å². The van der Waals surface area contributed by atoms with Crippen LogP contribution in [0, 0.1) is 5.92 Å². The summed E-state index contributed by atoms with van der Waals surface area (Å²) >= 11 is 0. The minimum Gasteiger partial charge on any atom is -0.386 e. The number of methoxy groups -OCH3 is 1. The maximum atomic E-state index is 10.5. The van der Waals surface area contributed by atoms with Gasteiger partial charge in [-0.2, -0.15) is 0 Å². The standard InChI is InChI=1S/C15H19NO2/c1-10(2)15(18-3)14(17)12-6-4-8-13-11(12)7-5-9-16-13/h4-10,14-15,17H,1-3H3. The molecular weight excluding hydrogens is 226 g/mol. The molecule has 18 heavy (non-hydrogen) atoms. The molecule has 1 aromatic heterocycles. The van der Waals surface area contributed by atoms with Gasteiger partial charge in [0.1, 0.15) is 6.10 Å². The summed E-state index contributed by atoms with van der Waals surface area (Å²) in [6, 6.07) is 9.66. The van der Waals surface area contributed by atoms with Crippen molar-refractivity contribution in [3.63, 3.8) is 0 Å². The van der Waals surface area contributed by atoms with E-state index in [9.17, 15) is 5.11 Å². The number of benzene rings is 1. The molecular formula is C15H19NO2. The molecule has 0 aliphatic heterocycles. The Kier molecular flexibility index (Phi) is 3.94. The number of aliphatic hydroxyl groups excluding tert-OH is 1. The van der Waals surface area contributed by atoms with Gasteiger partial charge < -0.3 is 9.84 Å². The predicted molar refractivity (Wildman–Crippen MR) is 72.3 cm³/mol. The van der Waals surface area contributed by atoms with Crippen LogP contribution in [-0.2, 0) is 4.74 Å². The van der Waals surface area contributed by atoms with Crippen molar-refractivity contribution in [1.82, 2.24) is 4.98 Å². The van der Waals surface area contributed by atoms with Crippen molar-refractivity contribution in [2.24, 2.45) is 5.92 Å². The van der Waals surface area contributed by atoms with E-state index >= 15 is 0 Å². The van der Waals surface area contributed by atoms with E-state index in [2.05, 4.69) is 4.98 Å². The number of ether oxygens (including phenoxy) is 1. The summed E-state index contributed by atoms with van der Waals surface area (Å²) in [4.78, 5) is 4.30. The highest BCUT2D eigenvalue weighted by Crippen LogP contribution is 2.29. The van der Waals surface area contributed by atoms with Crippen LogP contribution in [-0.4, -0.2) is 23.3 Å². The molecule has 2 atom stereocenters. The van der Waals surface area contributed by atoms with Gasteiger partial charge in [0.25, 0.3) is 0 Å². The van der Waals surface area contributed by atoms with Gasteiger partial charge >= 0.3 is 0 Å². The Morgan fingerprint density at radius 3 is 2.61 bits per heavy atom. The molecule has 0 aliphatic carbocycles. The summed E-state index contributed by atoms with van der Waals surface area (Å²) in [6.07, 6.45) is 0.910. The van der Waals surface area contributed by atoms with Crippen LogP contribution in [0.1, 0.15) is 25.5 Å². The largest absolute Gasteiger partial charge is 0.386 e. The van der Waals surface area contributed by atoms with E-state index in [1.54, 1.807) is 13.3 Å². The lowest BCUT2D eigenvalue weighted by Crippen LogP contribution is -2.26. The molecule has 0 saturated carbocycles. The maximum absolute atomic E-state index is 10.5. The zero-order valence-corrected chi connectivity index (χ0v) is 11.0. The van der Waals surface area contributed by atoms with Crippen LogP contribution in [0.25, 0.3) is 10.9 Å². The molecule has 0 saturated heterocycles. The first-order valence-corrected chi connectivity index (χ1v) is 6.19. The van der Waals surface area contributed by atoms with Crippen LogP contribution in [0.2, 0.25) is 0 Å². The number of fused-ring (bicyclic) bond motifs is 1. The molecule has 0 bridgehead atoms. The first-order chi connectivity index (χ1) is 8.65. The van der Waals surface area contributed by atoms with Crippen LogP contribution in [0.4, 0.5) is 0 Å². The van der Waals surface area contributed by atoms with Crippen molar-refractivity contribution < 1.29 is 9.84 Å². The van der Waals surface area contributed by atoms with E-state index in [0.29, 0.717) is 0 Å². The van der Waals surface area contributed by atoms with Gasteiger partial charge in [-0.05, 0) is 23.6 Å². The van der Waals surface area contributed by atoms with Gasteiger partial charge in [-0.1, -0.05) is 32.0 Å². The van der Waals surface area contributed by atoms with Crippen molar-refractivity contribution in [3.8, 4) is 0 Å². The second-order valence-corrected chi connectivity index (χ2v) is 4.81. The molecule has 0 radical (unpaired) electrons. The fourth-order valence-corrected chi connectivity index (χ4v) is 2.33.